The first-order valence-corrected chi connectivity index (χ1v) is 6.59. The van der Waals surface area contributed by atoms with Gasteiger partial charge in [0.05, 0.1) is 6.10 Å². The van der Waals surface area contributed by atoms with Gasteiger partial charge in [0, 0.05) is 6.04 Å². The largest absolute Gasteiger partial charge is 0.393 e. The zero-order valence-electron chi connectivity index (χ0n) is 10.2. The van der Waals surface area contributed by atoms with Gasteiger partial charge in [-0.15, -0.1) is 0 Å². The molecule has 2 atom stereocenters. The van der Waals surface area contributed by atoms with E-state index in [4.69, 9.17) is 0 Å². The molecule has 2 unspecified atom stereocenters. The van der Waals surface area contributed by atoms with E-state index in [2.05, 4.69) is 18.7 Å². The van der Waals surface area contributed by atoms with E-state index in [0.717, 1.165) is 24.7 Å². The van der Waals surface area contributed by atoms with Crippen molar-refractivity contribution >= 4 is 0 Å². The molecule has 2 aliphatic rings. The summed E-state index contributed by atoms with van der Waals surface area (Å²) < 4.78 is 0. The Hall–Kier alpha value is -0.0800. The van der Waals surface area contributed by atoms with E-state index in [0.29, 0.717) is 6.04 Å². The number of likely N-dealkylation sites (tertiary alicyclic amines) is 1. The van der Waals surface area contributed by atoms with Gasteiger partial charge in [-0.05, 0) is 57.0 Å². The summed E-state index contributed by atoms with van der Waals surface area (Å²) >= 11 is 0. The molecule has 2 fully saturated rings. The van der Waals surface area contributed by atoms with Gasteiger partial charge < -0.3 is 10.0 Å². The molecular weight excluding hydrogens is 186 g/mol. The Bertz CT molecular complexity index is 197. The smallest absolute Gasteiger partial charge is 0.0555 e. The van der Waals surface area contributed by atoms with E-state index in [-0.39, 0.29) is 6.10 Å². The van der Waals surface area contributed by atoms with Crippen LogP contribution in [0.2, 0.25) is 0 Å². The third kappa shape index (κ3) is 2.73. The van der Waals surface area contributed by atoms with Crippen molar-refractivity contribution in [3.63, 3.8) is 0 Å². The van der Waals surface area contributed by atoms with Crippen molar-refractivity contribution in [2.45, 2.75) is 58.1 Å². The van der Waals surface area contributed by atoms with Crippen LogP contribution in [-0.4, -0.2) is 35.2 Å². The average molecular weight is 211 g/mol. The molecule has 0 spiro atoms. The van der Waals surface area contributed by atoms with Crippen molar-refractivity contribution in [1.82, 2.24) is 4.90 Å². The second kappa shape index (κ2) is 4.84. The van der Waals surface area contributed by atoms with Crippen molar-refractivity contribution in [3.05, 3.63) is 0 Å². The van der Waals surface area contributed by atoms with E-state index in [1.54, 1.807) is 0 Å². The van der Waals surface area contributed by atoms with Gasteiger partial charge in [-0.3, -0.25) is 0 Å². The molecule has 0 aromatic carbocycles. The van der Waals surface area contributed by atoms with Crippen molar-refractivity contribution in [3.8, 4) is 0 Å². The van der Waals surface area contributed by atoms with Crippen molar-refractivity contribution in [2.75, 3.05) is 13.1 Å². The third-order valence-electron chi connectivity index (χ3n) is 4.41. The van der Waals surface area contributed by atoms with E-state index >= 15 is 0 Å². The van der Waals surface area contributed by atoms with Gasteiger partial charge in [0.1, 0.15) is 0 Å². The first kappa shape index (κ1) is 11.4. The summed E-state index contributed by atoms with van der Waals surface area (Å²) in [4.78, 5) is 2.62. The van der Waals surface area contributed by atoms with Crippen molar-refractivity contribution < 1.29 is 5.11 Å². The standard InChI is InChI=1S/C13H25NO/c1-10(2)11-5-7-14(8-6-11)12-3-4-13(15)9-12/h10-13,15H,3-9H2,1-2H3. The molecular formula is C13H25NO. The zero-order chi connectivity index (χ0) is 10.8. The molecule has 0 aromatic rings. The van der Waals surface area contributed by atoms with Crippen LogP contribution in [0.1, 0.15) is 46.0 Å². The number of rotatable bonds is 2. The molecule has 0 aromatic heterocycles. The van der Waals surface area contributed by atoms with Crippen LogP contribution in [0.5, 0.6) is 0 Å². The van der Waals surface area contributed by atoms with Crippen LogP contribution >= 0.6 is 0 Å². The van der Waals surface area contributed by atoms with E-state index in [1.807, 2.05) is 0 Å². The highest BCUT2D eigenvalue weighted by Gasteiger charge is 2.31. The highest BCUT2D eigenvalue weighted by molar-refractivity contribution is 4.85. The molecule has 2 rings (SSSR count). The lowest BCUT2D eigenvalue weighted by Crippen LogP contribution is -2.41. The van der Waals surface area contributed by atoms with Gasteiger partial charge in [-0.2, -0.15) is 0 Å². The maximum atomic E-state index is 9.54. The molecule has 0 bridgehead atoms. The molecule has 0 amide bonds. The lowest BCUT2D eigenvalue weighted by Gasteiger charge is -2.37. The molecule has 1 aliphatic carbocycles. The van der Waals surface area contributed by atoms with Gasteiger partial charge in [-0.1, -0.05) is 13.8 Å². The molecule has 1 saturated heterocycles. The summed E-state index contributed by atoms with van der Waals surface area (Å²) in [6, 6.07) is 0.688. The first-order valence-electron chi connectivity index (χ1n) is 6.59. The second-order valence-electron chi connectivity index (χ2n) is 5.74. The Kier molecular flexibility index (Phi) is 3.68. The predicted octanol–water partition coefficient (Wildman–Crippen LogP) is 2.27. The Morgan fingerprint density at radius 3 is 2.20 bits per heavy atom. The summed E-state index contributed by atoms with van der Waals surface area (Å²) in [5, 5.41) is 9.54. The third-order valence-corrected chi connectivity index (χ3v) is 4.41. The minimum Gasteiger partial charge on any atom is -0.393 e. The zero-order valence-corrected chi connectivity index (χ0v) is 10.2. The van der Waals surface area contributed by atoms with E-state index in [1.165, 1.54) is 32.4 Å². The number of aliphatic hydroxyl groups excluding tert-OH is 1. The molecule has 0 radical (unpaired) electrons. The summed E-state index contributed by atoms with van der Waals surface area (Å²) in [5.74, 6) is 1.79. The van der Waals surface area contributed by atoms with Crippen LogP contribution < -0.4 is 0 Å². The number of piperidine rings is 1. The Labute approximate surface area is 93.7 Å². The first-order chi connectivity index (χ1) is 7.16. The molecule has 1 heterocycles. The quantitative estimate of drug-likeness (QED) is 0.757. The van der Waals surface area contributed by atoms with Crippen LogP contribution in [0, 0.1) is 11.8 Å². The van der Waals surface area contributed by atoms with Gasteiger partial charge in [0.2, 0.25) is 0 Å². The fourth-order valence-corrected chi connectivity index (χ4v) is 3.22. The minimum atomic E-state index is -0.0159. The monoisotopic (exact) mass is 211 g/mol. The average Bonchev–Trinajstić information content (AvgIpc) is 2.65. The lowest BCUT2D eigenvalue weighted by atomic mass is 9.86. The Balaban J connectivity index is 1.78. The number of hydrogen-bond donors (Lipinski definition) is 1. The fourth-order valence-electron chi connectivity index (χ4n) is 3.22. The maximum Gasteiger partial charge on any atom is 0.0555 e. The van der Waals surface area contributed by atoms with Gasteiger partial charge >= 0.3 is 0 Å². The molecule has 88 valence electrons. The Morgan fingerprint density at radius 1 is 1.07 bits per heavy atom. The van der Waals surface area contributed by atoms with Crippen LogP contribution in [-0.2, 0) is 0 Å². The topological polar surface area (TPSA) is 23.5 Å². The molecule has 15 heavy (non-hydrogen) atoms. The SMILES string of the molecule is CC(C)C1CCN(C2CCC(O)C2)CC1. The molecule has 2 nitrogen and oxygen atoms in total. The summed E-state index contributed by atoms with van der Waals surface area (Å²) in [6.07, 6.45) is 5.97. The lowest BCUT2D eigenvalue weighted by molar-refractivity contribution is 0.104. The van der Waals surface area contributed by atoms with Gasteiger partial charge in [0.25, 0.3) is 0 Å². The highest BCUT2D eigenvalue weighted by Crippen LogP contribution is 2.30. The van der Waals surface area contributed by atoms with Crippen LogP contribution in [0.15, 0.2) is 0 Å². The van der Waals surface area contributed by atoms with Gasteiger partial charge in [0.15, 0.2) is 0 Å². The Morgan fingerprint density at radius 2 is 1.73 bits per heavy atom. The summed E-state index contributed by atoms with van der Waals surface area (Å²) in [6.45, 7) is 7.22. The minimum absolute atomic E-state index is 0.0159. The number of nitrogens with zero attached hydrogens (tertiary/aromatic N) is 1. The van der Waals surface area contributed by atoms with Crippen LogP contribution in [0.25, 0.3) is 0 Å². The summed E-state index contributed by atoms with van der Waals surface area (Å²) in [5.41, 5.74) is 0. The molecule has 1 aliphatic heterocycles. The van der Waals surface area contributed by atoms with Gasteiger partial charge in [-0.25, -0.2) is 0 Å². The van der Waals surface area contributed by atoms with Crippen LogP contribution in [0.3, 0.4) is 0 Å². The van der Waals surface area contributed by atoms with Crippen molar-refractivity contribution in [1.29, 1.82) is 0 Å². The normalized spacial score (nSPS) is 35.2. The summed E-state index contributed by atoms with van der Waals surface area (Å²) in [7, 11) is 0. The maximum absolute atomic E-state index is 9.54. The number of aliphatic hydroxyl groups is 1. The highest BCUT2D eigenvalue weighted by atomic mass is 16.3. The van der Waals surface area contributed by atoms with E-state index in [9.17, 15) is 5.11 Å². The molecule has 2 heteroatoms. The van der Waals surface area contributed by atoms with Crippen LogP contribution in [0.4, 0.5) is 0 Å². The molecule has 1 N–H and O–H groups in total. The van der Waals surface area contributed by atoms with E-state index < -0.39 is 0 Å². The number of hydrogen-bond acceptors (Lipinski definition) is 2. The van der Waals surface area contributed by atoms with Crippen molar-refractivity contribution in [2.24, 2.45) is 11.8 Å². The second-order valence-corrected chi connectivity index (χ2v) is 5.74. The fraction of sp³-hybridized carbons (Fsp3) is 1.00. The predicted molar refractivity (Wildman–Crippen MR) is 62.8 cm³/mol. The molecule has 1 saturated carbocycles.